The molecule has 11 amide bonds. The molecule has 0 aromatic heterocycles. The highest BCUT2D eigenvalue weighted by Crippen LogP contribution is 2.29. The van der Waals surface area contributed by atoms with E-state index in [0.29, 0.717) is 18.6 Å². The van der Waals surface area contributed by atoms with Crippen molar-refractivity contribution in [1.82, 2.24) is 65.4 Å². The van der Waals surface area contributed by atoms with Crippen LogP contribution in [0.2, 0.25) is 0 Å². The molecule has 13 atom stereocenters. The Balaban J connectivity index is 3.13. The number of aliphatic hydroxyl groups excluding tert-OH is 1. The van der Waals surface area contributed by atoms with Crippen LogP contribution in [0.3, 0.4) is 0 Å². The molecule has 2 rings (SSSR count). The monoisotopic (exact) mass is 1420 g/mol. The number of unbranched alkanes of at least 4 members (excludes halogenated alkanes) is 1. The molecule has 2 aliphatic rings. The number of ether oxygens (including phenoxy) is 1. The number of amides is 11. The molecule has 0 bridgehead atoms. The van der Waals surface area contributed by atoms with Crippen molar-refractivity contribution in [3.63, 3.8) is 0 Å². The van der Waals surface area contributed by atoms with E-state index in [1.807, 2.05) is 54.5 Å². The summed E-state index contributed by atoms with van der Waals surface area (Å²) in [7, 11) is 13.6. The molecule has 568 valence electrons. The third kappa shape index (κ3) is 25.8. The highest BCUT2D eigenvalue weighted by atomic mass is 32.2. The van der Waals surface area contributed by atoms with Crippen molar-refractivity contribution in [2.24, 2.45) is 35.5 Å². The van der Waals surface area contributed by atoms with Gasteiger partial charge in [-0.2, -0.15) is 0 Å². The van der Waals surface area contributed by atoms with Crippen LogP contribution in [0, 0.1) is 35.5 Å². The van der Waals surface area contributed by atoms with Gasteiger partial charge in [-0.15, -0.1) is 11.8 Å². The summed E-state index contributed by atoms with van der Waals surface area (Å²) < 4.78 is 5.87. The number of allylic oxidation sites excluding steroid dienone is 2. The summed E-state index contributed by atoms with van der Waals surface area (Å²) in [5, 5.41) is 22.3. The predicted octanol–water partition coefficient (Wildman–Crippen LogP) is 4.12. The average Bonchev–Trinajstić information content (AvgIpc) is 0.809. The normalized spacial score (nSPS) is 27.0. The van der Waals surface area contributed by atoms with Gasteiger partial charge in [0.25, 0.3) is 5.91 Å². The van der Waals surface area contributed by atoms with E-state index in [9.17, 15) is 19.5 Å². The number of nitrogens with one attached hydrogen (secondary N) is 4. The van der Waals surface area contributed by atoms with E-state index in [1.165, 1.54) is 111 Å². The topological polar surface area (TPSA) is 295 Å². The molecular formula is C72H131N13O13S. The first-order valence-electron chi connectivity index (χ1n) is 35.9. The smallest absolute Gasteiger partial charge is 0.256 e. The maximum Gasteiger partial charge on any atom is 0.256 e. The van der Waals surface area contributed by atoms with Crippen molar-refractivity contribution in [1.29, 1.82) is 0 Å². The van der Waals surface area contributed by atoms with Crippen LogP contribution in [0.5, 0.6) is 0 Å². The molecule has 2 aliphatic heterocycles. The number of likely N-dealkylation sites (N-methyl/N-ethyl adjacent to an activating group) is 8. The summed E-state index contributed by atoms with van der Waals surface area (Å²) in [6.45, 7) is 34.3. The van der Waals surface area contributed by atoms with Crippen LogP contribution in [0.1, 0.15) is 169 Å². The Bertz CT molecular complexity index is 2710. The van der Waals surface area contributed by atoms with Crippen LogP contribution < -0.4 is 21.3 Å². The summed E-state index contributed by atoms with van der Waals surface area (Å²) in [5.74, 6) is -9.48. The van der Waals surface area contributed by atoms with Crippen molar-refractivity contribution in [3.05, 3.63) is 12.2 Å². The zero-order valence-corrected chi connectivity index (χ0v) is 66.0. The zero-order chi connectivity index (χ0) is 76.0. The molecule has 26 nitrogen and oxygen atoms in total. The van der Waals surface area contributed by atoms with Crippen molar-refractivity contribution in [3.8, 4) is 0 Å². The van der Waals surface area contributed by atoms with Crippen LogP contribution in [0.4, 0.5) is 0 Å². The zero-order valence-electron chi connectivity index (χ0n) is 65.2. The molecule has 2 saturated heterocycles. The Morgan fingerprint density at radius 2 is 1.00 bits per heavy atom. The first kappa shape index (κ1) is 89.2. The Hall–Kier alpha value is -5.90. The number of piperazine rings is 1. The van der Waals surface area contributed by atoms with E-state index in [2.05, 4.69) is 38.1 Å². The van der Waals surface area contributed by atoms with Crippen molar-refractivity contribution in [2.75, 3.05) is 102 Å². The first-order valence-corrected chi connectivity index (χ1v) is 36.9. The molecule has 2 fully saturated rings. The lowest BCUT2D eigenvalue weighted by molar-refractivity contribution is -0.157. The van der Waals surface area contributed by atoms with Gasteiger partial charge in [0.15, 0.2) is 5.37 Å². The van der Waals surface area contributed by atoms with Gasteiger partial charge < -0.3 is 75.2 Å². The van der Waals surface area contributed by atoms with Gasteiger partial charge in [-0.05, 0) is 134 Å². The molecule has 27 heteroatoms. The molecule has 0 aliphatic carbocycles. The molecule has 5 N–H and O–H groups in total. The molecule has 0 saturated carbocycles. The maximum atomic E-state index is 15.6. The average molecular weight is 1420 g/mol. The molecule has 0 aromatic rings. The summed E-state index contributed by atoms with van der Waals surface area (Å²) >= 11 is 1.20. The Morgan fingerprint density at radius 1 is 0.525 bits per heavy atom. The van der Waals surface area contributed by atoms with Crippen molar-refractivity contribution < 1.29 is 62.6 Å². The van der Waals surface area contributed by atoms with Gasteiger partial charge in [-0.1, -0.05) is 95.2 Å². The minimum absolute atomic E-state index is 0.00779. The fourth-order valence-electron chi connectivity index (χ4n) is 12.7. The van der Waals surface area contributed by atoms with E-state index in [1.54, 1.807) is 61.5 Å². The van der Waals surface area contributed by atoms with Gasteiger partial charge in [-0.25, -0.2) is 0 Å². The van der Waals surface area contributed by atoms with E-state index in [4.69, 9.17) is 4.74 Å². The molecule has 0 aromatic carbocycles. The summed E-state index contributed by atoms with van der Waals surface area (Å²) in [5.41, 5.74) is -1.04. The van der Waals surface area contributed by atoms with E-state index in [0.717, 1.165) is 44.0 Å². The molecule has 2 heterocycles. The summed E-state index contributed by atoms with van der Waals surface area (Å²) in [4.78, 5) is 179. The highest BCUT2D eigenvalue weighted by Gasteiger charge is 2.47. The number of methoxy groups -OCH3 is 1. The minimum Gasteiger partial charge on any atom is -0.390 e. The van der Waals surface area contributed by atoms with Crippen molar-refractivity contribution >= 4 is 76.7 Å². The lowest BCUT2D eigenvalue weighted by atomic mass is 9.91. The number of carbonyl (C=O) groups excluding carboxylic acids is 11. The fourth-order valence-corrected chi connectivity index (χ4v) is 13.9. The minimum atomic E-state index is -1.65. The van der Waals surface area contributed by atoms with Gasteiger partial charge in [0.1, 0.15) is 60.4 Å². The Kier molecular flexibility index (Phi) is 37.2. The lowest BCUT2D eigenvalue weighted by Crippen LogP contribution is -2.64. The van der Waals surface area contributed by atoms with Crippen LogP contribution >= 0.6 is 11.8 Å². The van der Waals surface area contributed by atoms with Gasteiger partial charge in [0, 0.05) is 89.0 Å². The highest BCUT2D eigenvalue weighted by molar-refractivity contribution is 8.00. The fraction of sp³-hybridized carbons (Fsp3) is 0.819. The van der Waals surface area contributed by atoms with Crippen LogP contribution in [-0.2, 0) is 57.5 Å². The third-order valence-corrected chi connectivity index (χ3v) is 20.8. The number of rotatable bonds is 22. The van der Waals surface area contributed by atoms with Crippen molar-refractivity contribution in [2.45, 2.75) is 247 Å². The van der Waals surface area contributed by atoms with Crippen LogP contribution in [-0.4, -0.2) is 294 Å². The quantitative estimate of drug-likeness (QED) is 0.0752. The summed E-state index contributed by atoms with van der Waals surface area (Å²) in [6.07, 6.45) is 4.15. The number of carbonyl (C=O) groups is 11. The Morgan fingerprint density at radius 3 is 1.49 bits per heavy atom. The number of thioether (sulfide) groups is 1. The largest absolute Gasteiger partial charge is 0.390 e. The number of nitrogens with zero attached hydrogens (tertiary/aromatic N) is 9. The second kappa shape index (κ2) is 41.3. The van der Waals surface area contributed by atoms with E-state index < -0.39 is 160 Å². The standard InChI is InChI=1S/C72H131N13O13S/c1-27-29-32-48(13)59(86)58-63(90)75-51(28-2)65(92)84(25)71(99-38-31-30-33-85-36-34-77(18)35-37-85)70(97)81(22)55(42-72(16,17)98-26)62(89)76-56(46(9)10)68(95)78(19)52(39-43(3)4)61(88)73-49(14)60(87)74-50(15)64(91)79(20)53(40-44(5)6)66(93)80(21)54(41-45(7)8)67(94)82(23)57(47(11)12)69(96)83(58)24/h27,29,43-59,71,86H,28,30-42H2,1-26H3,(H,73,88)(H,74,87)(H,75,90)(H,76,89)/b29-27+/t48-,49+,50-,51+,52+,53+,54+,55+,56+,57+,58+,59-,71-/m1/s1. The van der Waals surface area contributed by atoms with Crippen LogP contribution in [0.15, 0.2) is 12.2 Å². The maximum absolute atomic E-state index is 15.6. The molecule has 0 unspecified atom stereocenters. The van der Waals surface area contributed by atoms with Gasteiger partial charge in [0.05, 0.1) is 11.7 Å². The lowest BCUT2D eigenvalue weighted by Gasteiger charge is -2.41. The predicted molar refractivity (Wildman–Crippen MR) is 389 cm³/mol. The number of hydrogen-bond donors (Lipinski definition) is 5. The van der Waals surface area contributed by atoms with Gasteiger partial charge in [0.2, 0.25) is 59.1 Å². The second-order valence-corrected chi connectivity index (χ2v) is 31.6. The SMILES string of the molecule is C/C=C/C[C@@H](C)[C@@H](O)[C@H]1C(=O)N[C@@H](CC)C(=O)N(C)[C@H](SCCCCN2CCN(C)CC2)C(=O)N(C)[C@@H](CC(C)(C)OC)C(=O)N[C@@H](C(C)C)C(=O)N(C)[C@@H](CC(C)C)C(=O)N[C@@H](C)C(=O)N[C@H](C)C(=O)N(C)[C@@H](CC(C)C)C(=O)N(C)[C@@H](CC(C)C)C(=O)N(C)[C@@H](C(C)C)C(=O)N1C. The molecular weight excluding hydrogens is 1290 g/mol. The number of aliphatic hydroxyl groups is 1. The first-order chi connectivity index (χ1) is 45.9. The van der Waals surface area contributed by atoms with Crippen LogP contribution in [0.25, 0.3) is 0 Å². The molecule has 0 spiro atoms. The molecule has 0 radical (unpaired) electrons. The third-order valence-electron chi connectivity index (χ3n) is 19.5. The van der Waals surface area contributed by atoms with Gasteiger partial charge in [-0.3, -0.25) is 52.7 Å². The van der Waals surface area contributed by atoms with E-state index in [-0.39, 0.29) is 49.9 Å². The van der Waals surface area contributed by atoms with E-state index >= 15 is 38.4 Å². The number of hydrogen-bond acceptors (Lipinski definition) is 16. The second-order valence-electron chi connectivity index (χ2n) is 30.4. The summed E-state index contributed by atoms with van der Waals surface area (Å²) in [6, 6.07) is -12.8. The van der Waals surface area contributed by atoms with Gasteiger partial charge >= 0.3 is 0 Å². The molecule has 99 heavy (non-hydrogen) atoms. The Labute approximate surface area is 598 Å².